The van der Waals surface area contributed by atoms with Crippen LogP contribution in [0.4, 0.5) is 5.69 Å². The van der Waals surface area contributed by atoms with E-state index in [1.165, 1.54) is 11.0 Å². The van der Waals surface area contributed by atoms with Crippen molar-refractivity contribution in [2.75, 3.05) is 23.9 Å². The van der Waals surface area contributed by atoms with Gasteiger partial charge in [-0.25, -0.2) is 4.79 Å². The van der Waals surface area contributed by atoms with E-state index in [4.69, 9.17) is 51.1 Å². The number of halogens is 4. The number of rotatable bonds is 9. The first-order valence-electron chi connectivity index (χ1n) is 10.3. The molecule has 3 aromatic rings. The number of esters is 1. The molecular weight excluding hydrogens is 520 g/mol. The molecule has 0 aliphatic carbocycles. The highest BCUT2D eigenvalue weighted by Gasteiger charge is 2.35. The molecule has 34 heavy (non-hydrogen) atoms. The Morgan fingerprint density at radius 1 is 0.912 bits per heavy atom. The molecule has 5 nitrogen and oxygen atoms in total. The van der Waals surface area contributed by atoms with Gasteiger partial charge in [-0.15, -0.1) is 11.6 Å². The summed E-state index contributed by atoms with van der Waals surface area (Å²) in [5.41, 5.74) is -0.360. The number of hydrogen-bond donors (Lipinski definition) is 1. The van der Waals surface area contributed by atoms with Gasteiger partial charge in [0.2, 0.25) is 5.91 Å². The van der Waals surface area contributed by atoms with Crippen LogP contribution in [0.3, 0.4) is 0 Å². The Morgan fingerprint density at radius 3 is 2.21 bits per heavy atom. The second kappa shape index (κ2) is 11.9. The number of carbonyl (C=O) groups is 2. The van der Waals surface area contributed by atoms with Crippen molar-refractivity contribution < 1.29 is 19.4 Å². The van der Waals surface area contributed by atoms with Crippen LogP contribution in [0.2, 0.25) is 15.1 Å². The molecule has 1 amide bonds. The topological polar surface area (TPSA) is 66.8 Å². The van der Waals surface area contributed by atoms with Crippen LogP contribution in [0.5, 0.6) is 0 Å². The van der Waals surface area contributed by atoms with E-state index in [9.17, 15) is 14.7 Å². The average molecular weight is 541 g/mol. The lowest BCUT2D eigenvalue weighted by molar-refractivity contribution is -0.117. The van der Waals surface area contributed by atoms with Crippen LogP contribution in [-0.4, -0.2) is 36.0 Å². The predicted molar refractivity (Wildman–Crippen MR) is 136 cm³/mol. The molecule has 0 fully saturated rings. The van der Waals surface area contributed by atoms with E-state index in [-0.39, 0.29) is 30.5 Å². The van der Waals surface area contributed by atoms with Gasteiger partial charge in [0.25, 0.3) is 0 Å². The number of ether oxygens (including phenoxy) is 1. The third kappa shape index (κ3) is 6.65. The number of anilines is 1. The summed E-state index contributed by atoms with van der Waals surface area (Å²) in [5.74, 6) is -1.25. The van der Waals surface area contributed by atoms with Crippen molar-refractivity contribution in [3.8, 4) is 0 Å². The van der Waals surface area contributed by atoms with E-state index in [0.717, 1.165) is 0 Å². The Hall–Kier alpha value is -2.28. The van der Waals surface area contributed by atoms with Gasteiger partial charge in [0.15, 0.2) is 0 Å². The molecule has 0 bridgehead atoms. The van der Waals surface area contributed by atoms with E-state index < -0.39 is 17.5 Å². The molecule has 178 valence electrons. The fraction of sp³-hybridized carbons (Fsp3) is 0.200. The number of benzene rings is 3. The monoisotopic (exact) mass is 539 g/mol. The molecule has 0 aliphatic rings. The lowest BCUT2D eigenvalue weighted by Gasteiger charge is -2.35. The molecule has 3 rings (SSSR count). The average Bonchev–Trinajstić information content (AvgIpc) is 2.85. The minimum Gasteiger partial charge on any atom is -0.462 e. The number of amides is 1. The standard InChI is InChI=1S/C25H21Cl4NO4/c26-15-23(31)30(20-9-7-19(27)8-10-20)16-25(33,18-6-11-21(28)22(29)14-18)12-13-34-24(32)17-4-2-1-3-5-17/h1-11,14,33H,12-13,15-16H2. The quantitative estimate of drug-likeness (QED) is 0.253. The maximum absolute atomic E-state index is 12.7. The Labute approximate surface area is 217 Å². The fourth-order valence-corrected chi connectivity index (χ4v) is 3.92. The second-order valence-electron chi connectivity index (χ2n) is 7.50. The zero-order valence-corrected chi connectivity index (χ0v) is 20.9. The van der Waals surface area contributed by atoms with Crippen molar-refractivity contribution in [2.45, 2.75) is 12.0 Å². The van der Waals surface area contributed by atoms with Crippen molar-refractivity contribution in [1.82, 2.24) is 0 Å². The molecule has 1 N–H and O–H groups in total. The Balaban J connectivity index is 1.89. The molecule has 0 spiro atoms. The third-order valence-corrected chi connectivity index (χ3v) is 6.41. The van der Waals surface area contributed by atoms with Crippen molar-refractivity contribution in [3.05, 3.63) is 99.0 Å². The number of nitrogens with zero attached hydrogens (tertiary/aromatic N) is 1. The van der Waals surface area contributed by atoms with Crippen LogP contribution in [-0.2, 0) is 15.1 Å². The smallest absolute Gasteiger partial charge is 0.338 e. The normalized spacial score (nSPS) is 12.6. The van der Waals surface area contributed by atoms with Crippen LogP contribution in [0, 0.1) is 0 Å². The summed E-state index contributed by atoms with van der Waals surface area (Å²) in [6.07, 6.45) is -0.0246. The van der Waals surface area contributed by atoms with Crippen LogP contribution >= 0.6 is 46.4 Å². The molecule has 0 saturated carbocycles. The molecule has 0 heterocycles. The van der Waals surface area contributed by atoms with E-state index >= 15 is 0 Å². The molecule has 0 aliphatic heterocycles. The van der Waals surface area contributed by atoms with E-state index in [1.54, 1.807) is 66.7 Å². The highest BCUT2D eigenvalue weighted by molar-refractivity contribution is 6.42. The Morgan fingerprint density at radius 2 is 1.59 bits per heavy atom. The summed E-state index contributed by atoms with van der Waals surface area (Å²) >= 11 is 24.1. The van der Waals surface area contributed by atoms with Gasteiger partial charge in [-0.1, -0.05) is 59.1 Å². The summed E-state index contributed by atoms with van der Waals surface area (Å²) < 4.78 is 5.38. The molecular formula is C25H21Cl4NO4. The first-order chi connectivity index (χ1) is 16.2. The minimum atomic E-state index is -1.65. The lowest BCUT2D eigenvalue weighted by Crippen LogP contribution is -2.45. The Kier molecular flexibility index (Phi) is 9.23. The largest absolute Gasteiger partial charge is 0.462 e. The number of aliphatic hydroxyl groups is 1. The van der Waals surface area contributed by atoms with Crippen LogP contribution < -0.4 is 4.90 Å². The Bertz CT molecular complexity index is 1140. The molecule has 0 saturated heterocycles. The molecule has 1 atom stereocenters. The van der Waals surface area contributed by atoms with E-state index in [1.807, 2.05) is 0 Å². The highest BCUT2D eigenvalue weighted by atomic mass is 35.5. The zero-order valence-electron chi connectivity index (χ0n) is 17.9. The van der Waals surface area contributed by atoms with Crippen molar-refractivity contribution in [1.29, 1.82) is 0 Å². The molecule has 0 aromatic heterocycles. The molecule has 3 aromatic carbocycles. The summed E-state index contributed by atoms with van der Waals surface area (Å²) in [7, 11) is 0. The van der Waals surface area contributed by atoms with Gasteiger partial charge in [-0.05, 0) is 54.1 Å². The van der Waals surface area contributed by atoms with Crippen molar-refractivity contribution in [3.63, 3.8) is 0 Å². The van der Waals surface area contributed by atoms with E-state index in [2.05, 4.69) is 0 Å². The predicted octanol–water partition coefficient (Wildman–Crippen LogP) is 6.35. The number of hydrogen-bond acceptors (Lipinski definition) is 4. The first kappa shape index (κ1) is 26.3. The number of carbonyl (C=O) groups excluding carboxylic acids is 2. The minimum absolute atomic E-state index is 0.0246. The van der Waals surface area contributed by atoms with Gasteiger partial charge in [-0.3, -0.25) is 4.79 Å². The van der Waals surface area contributed by atoms with Gasteiger partial charge in [0.1, 0.15) is 11.5 Å². The maximum Gasteiger partial charge on any atom is 0.338 e. The molecule has 1 unspecified atom stereocenters. The number of alkyl halides is 1. The summed E-state index contributed by atoms with van der Waals surface area (Å²) in [5, 5.41) is 12.8. The van der Waals surface area contributed by atoms with Gasteiger partial charge >= 0.3 is 5.97 Å². The van der Waals surface area contributed by atoms with Gasteiger partial charge in [-0.2, -0.15) is 0 Å². The fourth-order valence-electron chi connectivity index (χ4n) is 3.35. The highest BCUT2D eigenvalue weighted by Crippen LogP contribution is 2.33. The maximum atomic E-state index is 12.7. The summed E-state index contributed by atoms with van der Waals surface area (Å²) in [6, 6.07) is 19.8. The summed E-state index contributed by atoms with van der Waals surface area (Å²) in [6.45, 7) is -0.297. The van der Waals surface area contributed by atoms with Crippen LogP contribution in [0.25, 0.3) is 0 Å². The third-order valence-electron chi connectivity index (χ3n) is 5.19. The SMILES string of the molecule is O=C(OCCC(O)(CN(C(=O)CCl)c1ccc(Cl)cc1)c1ccc(Cl)c(Cl)c1)c1ccccc1. The van der Waals surface area contributed by atoms with Crippen LogP contribution in [0.1, 0.15) is 22.3 Å². The molecule has 9 heteroatoms. The second-order valence-corrected chi connectivity index (χ2v) is 9.02. The zero-order chi connectivity index (χ0) is 24.7. The van der Waals surface area contributed by atoms with Gasteiger partial charge < -0.3 is 14.7 Å². The summed E-state index contributed by atoms with van der Waals surface area (Å²) in [4.78, 5) is 26.4. The van der Waals surface area contributed by atoms with Gasteiger partial charge in [0, 0.05) is 17.1 Å². The van der Waals surface area contributed by atoms with Gasteiger partial charge in [0.05, 0.1) is 28.8 Å². The first-order valence-corrected chi connectivity index (χ1v) is 11.9. The van der Waals surface area contributed by atoms with E-state index in [0.29, 0.717) is 26.9 Å². The van der Waals surface area contributed by atoms with Crippen molar-refractivity contribution >= 4 is 64.0 Å². The van der Waals surface area contributed by atoms with Crippen molar-refractivity contribution in [2.24, 2.45) is 0 Å². The molecule has 0 radical (unpaired) electrons. The van der Waals surface area contributed by atoms with Crippen LogP contribution in [0.15, 0.2) is 72.8 Å². The lowest BCUT2D eigenvalue weighted by atomic mass is 9.89.